The van der Waals surface area contributed by atoms with Gasteiger partial charge in [-0.15, -0.1) is 24.0 Å². The molecule has 0 saturated carbocycles. The van der Waals surface area contributed by atoms with Gasteiger partial charge in [0.25, 0.3) is 0 Å². The van der Waals surface area contributed by atoms with Crippen LogP contribution in [0, 0.1) is 0 Å². The Hall–Kier alpha value is -3.87. The quantitative estimate of drug-likeness (QED) is 0.0278. The fraction of sp³-hybridized carbons (Fsp3) is 0.565. The van der Waals surface area contributed by atoms with Crippen LogP contribution in [0.25, 0.3) is 0 Å². The third-order valence-corrected chi connectivity index (χ3v) is 8.83. The number of benzene rings is 2. The van der Waals surface area contributed by atoms with Gasteiger partial charge in [0.15, 0.2) is 0 Å². The maximum atomic E-state index is 12.5. The molecule has 57 heavy (non-hydrogen) atoms. The van der Waals surface area contributed by atoms with Crippen molar-refractivity contribution in [2.75, 3.05) is 13.2 Å². The van der Waals surface area contributed by atoms with E-state index in [1.165, 1.54) is 147 Å². The normalized spacial score (nSPS) is 10.3. The monoisotopic (exact) mass is 910 g/mol. The number of hydrogen-bond donors (Lipinski definition) is 2. The fourth-order valence-electron chi connectivity index (χ4n) is 5.58. The zero-order chi connectivity index (χ0) is 41.6. The largest absolute Gasteiger partial charge is 0.508 e. The van der Waals surface area contributed by atoms with Crippen LogP contribution < -0.4 is 9.47 Å². The number of rotatable bonds is 28. The number of hydrogen-bond acceptors (Lipinski definition) is 10. The standard InChI is InChI=1S/C27H38O6.C19H30O4.HI.H2/c1-6-7-8-9-10-11-12-13-14-15-16-31-27(30)22-17-23(32-25(28)20(2)3)19-24(18-22)33-26(29)21(4)5;1-2-3-4-5-6-7-8-9-10-11-12-23-19(22)16-13-17(20)15-18(21)14-16;;/h17-19H,2,4,6-16H2,1,3,5H3;13-15,20-21H,2-12H2,1H3;2*1H. The van der Waals surface area contributed by atoms with Crippen LogP contribution in [0.15, 0.2) is 60.7 Å². The number of unbranched alkanes of at least 4 members (excludes halogenated alkanes) is 18. The molecule has 0 radical (unpaired) electrons. The van der Waals surface area contributed by atoms with E-state index in [1.54, 1.807) is 0 Å². The van der Waals surface area contributed by atoms with Gasteiger partial charge in [0.05, 0.1) is 24.3 Å². The van der Waals surface area contributed by atoms with Crippen LogP contribution in [0.2, 0.25) is 0 Å². The minimum Gasteiger partial charge on any atom is -0.508 e. The molecular formula is C46H71IO10. The molecule has 10 nitrogen and oxygen atoms in total. The fourth-order valence-corrected chi connectivity index (χ4v) is 5.58. The summed E-state index contributed by atoms with van der Waals surface area (Å²) in [6.07, 6.45) is 24.2. The zero-order valence-corrected chi connectivity index (χ0v) is 37.3. The van der Waals surface area contributed by atoms with Crippen LogP contribution in [-0.4, -0.2) is 47.3 Å². The van der Waals surface area contributed by atoms with Gasteiger partial charge in [-0.05, 0) is 51.0 Å². The van der Waals surface area contributed by atoms with Gasteiger partial charge >= 0.3 is 23.9 Å². The van der Waals surface area contributed by atoms with Crippen molar-refractivity contribution in [3.05, 3.63) is 71.8 Å². The second-order valence-corrected chi connectivity index (χ2v) is 14.4. The van der Waals surface area contributed by atoms with Gasteiger partial charge in [-0.1, -0.05) is 143 Å². The number of phenols is 2. The lowest BCUT2D eigenvalue weighted by Crippen LogP contribution is -2.12. The highest BCUT2D eigenvalue weighted by Gasteiger charge is 2.16. The Kier molecular flexibility index (Phi) is 30.9. The van der Waals surface area contributed by atoms with E-state index in [1.807, 2.05) is 0 Å². The third-order valence-electron chi connectivity index (χ3n) is 8.83. The van der Waals surface area contributed by atoms with Crippen molar-refractivity contribution in [1.82, 2.24) is 0 Å². The van der Waals surface area contributed by atoms with E-state index in [0.29, 0.717) is 13.2 Å². The Labute approximate surface area is 360 Å². The Morgan fingerprint density at radius 1 is 0.491 bits per heavy atom. The van der Waals surface area contributed by atoms with Gasteiger partial charge in [0.1, 0.15) is 23.0 Å². The van der Waals surface area contributed by atoms with Crippen LogP contribution in [0.4, 0.5) is 0 Å². The Bertz CT molecular complexity index is 1440. The number of aromatic hydroxyl groups is 2. The number of carbonyl (C=O) groups is 4. The maximum Gasteiger partial charge on any atom is 0.338 e. The van der Waals surface area contributed by atoms with E-state index in [4.69, 9.17) is 18.9 Å². The van der Waals surface area contributed by atoms with Gasteiger partial charge in [0, 0.05) is 24.7 Å². The highest BCUT2D eigenvalue weighted by atomic mass is 127. The zero-order valence-electron chi connectivity index (χ0n) is 35.0. The van der Waals surface area contributed by atoms with Crippen molar-refractivity contribution in [3.8, 4) is 23.0 Å². The molecule has 0 aliphatic carbocycles. The molecule has 2 aromatic rings. The first-order valence-electron chi connectivity index (χ1n) is 20.7. The van der Waals surface area contributed by atoms with Crippen LogP contribution >= 0.6 is 24.0 Å². The SMILES string of the molecule is C=C(C)C(=O)Oc1cc(OC(=O)C(=C)C)cc(C(=O)OCCCCCCCCCCCC)c1.CCCCCCCCCCCCOC(=O)c1cc(O)cc(O)c1.I.[HH]. The smallest absolute Gasteiger partial charge is 0.338 e. The molecule has 2 aromatic carbocycles. The highest BCUT2D eigenvalue weighted by Crippen LogP contribution is 2.26. The summed E-state index contributed by atoms with van der Waals surface area (Å²) in [6.45, 7) is 15.2. The molecule has 2 N–H and O–H groups in total. The molecule has 0 atom stereocenters. The van der Waals surface area contributed by atoms with Gasteiger partial charge in [-0.2, -0.15) is 0 Å². The van der Waals surface area contributed by atoms with Crippen molar-refractivity contribution >= 4 is 47.9 Å². The van der Waals surface area contributed by atoms with Crippen LogP contribution in [-0.2, 0) is 19.1 Å². The Morgan fingerprint density at radius 3 is 1.11 bits per heavy atom. The number of halogens is 1. The molecule has 11 heteroatoms. The number of ether oxygens (including phenoxy) is 4. The molecule has 2 rings (SSSR count). The summed E-state index contributed by atoms with van der Waals surface area (Å²) in [7, 11) is 0. The lowest BCUT2D eigenvalue weighted by Gasteiger charge is -2.11. The Morgan fingerprint density at radius 2 is 0.789 bits per heavy atom. The van der Waals surface area contributed by atoms with Gasteiger partial charge in [-0.3, -0.25) is 0 Å². The van der Waals surface area contributed by atoms with Crippen LogP contribution in [0.5, 0.6) is 23.0 Å². The summed E-state index contributed by atoms with van der Waals surface area (Å²) in [5.41, 5.74) is 0.696. The summed E-state index contributed by atoms with van der Waals surface area (Å²) in [4.78, 5) is 48.0. The molecule has 0 aliphatic rings. The lowest BCUT2D eigenvalue weighted by molar-refractivity contribution is -0.130. The van der Waals surface area contributed by atoms with Crippen molar-refractivity contribution in [2.45, 2.75) is 156 Å². The maximum absolute atomic E-state index is 12.5. The van der Waals surface area contributed by atoms with Crippen LogP contribution in [0.3, 0.4) is 0 Å². The van der Waals surface area contributed by atoms with Crippen molar-refractivity contribution in [1.29, 1.82) is 0 Å². The van der Waals surface area contributed by atoms with E-state index in [-0.39, 0.29) is 70.7 Å². The predicted molar refractivity (Wildman–Crippen MR) is 239 cm³/mol. The average molecular weight is 911 g/mol. The molecule has 0 aromatic heterocycles. The van der Waals surface area contributed by atoms with E-state index >= 15 is 0 Å². The molecule has 0 bridgehead atoms. The number of phenolic OH excluding ortho intramolecular Hbond substituents is 2. The molecule has 0 heterocycles. The molecule has 0 spiro atoms. The van der Waals surface area contributed by atoms with Crippen LogP contribution in [0.1, 0.15) is 178 Å². The minimum absolute atomic E-state index is 0. The number of esters is 4. The van der Waals surface area contributed by atoms with Gasteiger partial charge in [0.2, 0.25) is 0 Å². The summed E-state index contributed by atoms with van der Waals surface area (Å²) in [6, 6.07) is 7.86. The molecule has 322 valence electrons. The predicted octanol–water partition coefficient (Wildman–Crippen LogP) is 12.8. The van der Waals surface area contributed by atoms with E-state index in [0.717, 1.165) is 32.1 Å². The third kappa shape index (κ3) is 26.6. The highest BCUT2D eigenvalue weighted by molar-refractivity contribution is 14.0. The lowest BCUT2D eigenvalue weighted by atomic mass is 10.1. The topological polar surface area (TPSA) is 146 Å². The van der Waals surface area contributed by atoms with Gasteiger partial charge in [-0.25, -0.2) is 19.2 Å². The second-order valence-electron chi connectivity index (χ2n) is 14.4. The molecule has 0 amide bonds. The first-order valence-corrected chi connectivity index (χ1v) is 20.7. The molecule has 0 unspecified atom stereocenters. The first kappa shape index (κ1) is 53.1. The van der Waals surface area contributed by atoms with E-state index in [2.05, 4.69) is 27.0 Å². The average Bonchev–Trinajstić information content (AvgIpc) is 3.15. The summed E-state index contributed by atoms with van der Waals surface area (Å²) < 4.78 is 20.9. The minimum atomic E-state index is -0.650. The van der Waals surface area contributed by atoms with Gasteiger partial charge < -0.3 is 29.2 Å². The van der Waals surface area contributed by atoms with E-state index in [9.17, 15) is 29.4 Å². The second kappa shape index (κ2) is 33.1. The van der Waals surface area contributed by atoms with Crippen molar-refractivity contribution in [3.63, 3.8) is 0 Å². The molecule has 0 aliphatic heterocycles. The first-order chi connectivity index (χ1) is 26.9. The number of carbonyl (C=O) groups excluding carboxylic acids is 4. The molecule has 0 saturated heterocycles. The van der Waals surface area contributed by atoms with Crippen molar-refractivity contribution in [2.24, 2.45) is 0 Å². The molecule has 0 fully saturated rings. The van der Waals surface area contributed by atoms with E-state index < -0.39 is 23.9 Å². The van der Waals surface area contributed by atoms with Crippen molar-refractivity contribution < 1.29 is 49.8 Å². The summed E-state index contributed by atoms with van der Waals surface area (Å²) in [5, 5.41) is 18.7. The summed E-state index contributed by atoms with van der Waals surface area (Å²) in [5.74, 6) is -2.56. The Balaban J connectivity index is 0. The summed E-state index contributed by atoms with van der Waals surface area (Å²) >= 11 is 0. The molecular weight excluding hydrogens is 839 g/mol.